The Balaban J connectivity index is 0.000000528. The molecule has 0 spiro atoms. The Morgan fingerprint density at radius 1 is 0.640 bits per heavy atom. The molecule has 0 N–H and O–H groups in total. The van der Waals surface area contributed by atoms with Crippen molar-refractivity contribution in [1.82, 2.24) is 15.0 Å². The molecule has 9 heteroatoms. The van der Waals surface area contributed by atoms with Gasteiger partial charge >= 0.3 is 17.1 Å². The summed E-state index contributed by atoms with van der Waals surface area (Å²) in [6.45, 7) is 0. The Bertz CT molecular complexity index is 741. The van der Waals surface area contributed by atoms with Crippen LogP contribution in [0.5, 0.6) is 0 Å². The number of aromatic nitrogens is 3. The molecule has 6 bridgehead atoms. The Morgan fingerprint density at radius 3 is 1.04 bits per heavy atom. The van der Waals surface area contributed by atoms with E-state index in [2.05, 4.69) is 27.6 Å². The maximum atomic E-state index is 7.13. The number of thiocyanates is 1. The van der Waals surface area contributed by atoms with Crippen molar-refractivity contribution >= 4 is 47.9 Å². The Hall–Kier alpha value is -1.27. The first-order valence-electron chi connectivity index (χ1n) is 6.73. The molecule has 4 rings (SSSR count). The van der Waals surface area contributed by atoms with Gasteiger partial charge in [0.2, 0.25) is 0 Å². The summed E-state index contributed by atoms with van der Waals surface area (Å²) in [6, 6.07) is 18.1. The molecule has 0 amide bonds. The average Bonchev–Trinajstić information content (AvgIpc) is 2.56. The molecule has 1 aliphatic heterocycles. The molecule has 1 aliphatic rings. The van der Waals surface area contributed by atoms with E-state index in [9.17, 15) is 0 Å². The molecular formula is C16H9CuN4S4. The van der Waals surface area contributed by atoms with E-state index in [0.717, 1.165) is 30.2 Å². The third kappa shape index (κ3) is 5.89. The molecule has 4 nitrogen and oxygen atoms in total. The van der Waals surface area contributed by atoms with Crippen LogP contribution in [0.15, 0.2) is 84.8 Å². The SMILES string of the molecule is N#C[S-].[Cu+].c1cc2nc(c1)Sc1cccc(n1)Sc1cccc(n1)S2. The van der Waals surface area contributed by atoms with E-state index in [1.165, 1.54) is 5.40 Å². The summed E-state index contributed by atoms with van der Waals surface area (Å²) in [5.41, 5.74) is 0. The second kappa shape index (κ2) is 10.0. The summed E-state index contributed by atoms with van der Waals surface area (Å²) >= 11 is 8.45. The van der Waals surface area contributed by atoms with E-state index in [4.69, 9.17) is 5.26 Å². The van der Waals surface area contributed by atoms with Crippen LogP contribution in [0.1, 0.15) is 0 Å². The van der Waals surface area contributed by atoms with Gasteiger partial charge in [0.25, 0.3) is 0 Å². The van der Waals surface area contributed by atoms with Crippen molar-refractivity contribution in [2.45, 2.75) is 30.2 Å². The van der Waals surface area contributed by atoms with Gasteiger partial charge in [0.05, 0.1) is 0 Å². The van der Waals surface area contributed by atoms with Gasteiger partial charge in [-0.15, -0.1) is 0 Å². The maximum absolute atomic E-state index is 7.13. The first-order chi connectivity index (χ1) is 11.8. The second-order valence-corrected chi connectivity index (χ2v) is 7.64. The molecule has 0 aliphatic carbocycles. The first-order valence-corrected chi connectivity index (χ1v) is 9.58. The summed E-state index contributed by atoms with van der Waals surface area (Å²) < 4.78 is 0. The summed E-state index contributed by atoms with van der Waals surface area (Å²) in [5, 5.41) is 14.2. The molecule has 0 unspecified atom stereocenters. The first kappa shape index (κ1) is 20.0. The molecule has 0 saturated carbocycles. The third-order valence-corrected chi connectivity index (χ3v) is 5.34. The smallest absolute Gasteiger partial charge is 0.696 e. The zero-order valence-corrected chi connectivity index (χ0v) is 16.6. The van der Waals surface area contributed by atoms with Gasteiger partial charge in [-0.05, 0) is 36.4 Å². The number of rotatable bonds is 0. The summed E-state index contributed by atoms with van der Waals surface area (Å²) in [6.07, 6.45) is 0. The van der Waals surface area contributed by atoms with Gasteiger partial charge in [-0.2, -0.15) is 0 Å². The predicted molar refractivity (Wildman–Crippen MR) is 98.1 cm³/mol. The van der Waals surface area contributed by atoms with Crippen LogP contribution in [0, 0.1) is 10.7 Å². The van der Waals surface area contributed by atoms with Crippen LogP contribution >= 0.6 is 35.3 Å². The number of pyridine rings is 3. The summed E-state index contributed by atoms with van der Waals surface area (Å²) in [4.78, 5) is 14.0. The zero-order valence-electron chi connectivity index (χ0n) is 12.4. The van der Waals surface area contributed by atoms with Crippen LogP contribution in [0.2, 0.25) is 0 Å². The minimum Gasteiger partial charge on any atom is -0.696 e. The standard InChI is InChI=1S/C15H9N3S3.CHNS.Cu/c1-4-10-16-11(5-1)20-13-7-3-9-15(18-13)21-14-8-2-6-12(17-14)19-10;2-1-3;/h1-9H;3H;/q;;+1/p-1. The average molecular weight is 449 g/mol. The fourth-order valence-corrected chi connectivity index (χ4v) is 4.41. The minimum absolute atomic E-state index is 0. The minimum atomic E-state index is 0. The molecule has 25 heavy (non-hydrogen) atoms. The van der Waals surface area contributed by atoms with Gasteiger partial charge in [0.1, 0.15) is 30.2 Å². The van der Waals surface area contributed by atoms with Crippen molar-refractivity contribution in [3.63, 3.8) is 0 Å². The van der Waals surface area contributed by atoms with Crippen LogP contribution in [0.4, 0.5) is 0 Å². The molecule has 4 heterocycles. The van der Waals surface area contributed by atoms with Gasteiger partial charge in [-0.3, -0.25) is 0 Å². The van der Waals surface area contributed by atoms with Crippen molar-refractivity contribution < 1.29 is 17.1 Å². The predicted octanol–water partition coefficient (Wildman–Crippen LogP) is 4.65. The van der Waals surface area contributed by atoms with Crippen LogP contribution in [0.3, 0.4) is 0 Å². The maximum Gasteiger partial charge on any atom is 1.00 e. The Kier molecular flexibility index (Phi) is 8.03. The Labute approximate surface area is 174 Å². The number of hydrogen-bond acceptors (Lipinski definition) is 8. The van der Waals surface area contributed by atoms with Crippen LogP contribution in [0.25, 0.3) is 0 Å². The van der Waals surface area contributed by atoms with Gasteiger partial charge < -0.3 is 12.6 Å². The monoisotopic (exact) mass is 448 g/mol. The van der Waals surface area contributed by atoms with E-state index < -0.39 is 0 Å². The number of nitrogens with zero attached hydrogens (tertiary/aromatic N) is 4. The molecule has 0 saturated heterocycles. The van der Waals surface area contributed by atoms with Crippen molar-refractivity contribution in [2.75, 3.05) is 0 Å². The number of nitriles is 1. The molecule has 0 fully saturated rings. The van der Waals surface area contributed by atoms with Crippen molar-refractivity contribution in [2.24, 2.45) is 0 Å². The fraction of sp³-hybridized carbons (Fsp3) is 0. The van der Waals surface area contributed by atoms with Gasteiger partial charge in [-0.25, -0.2) is 20.2 Å². The van der Waals surface area contributed by atoms with Crippen LogP contribution < -0.4 is 0 Å². The van der Waals surface area contributed by atoms with Gasteiger partial charge in [0.15, 0.2) is 0 Å². The molecule has 128 valence electrons. The molecule has 0 atom stereocenters. The summed E-state index contributed by atoms with van der Waals surface area (Å²) in [7, 11) is 0. The second-order valence-electron chi connectivity index (χ2n) is 4.34. The quantitative estimate of drug-likeness (QED) is 0.219. The zero-order chi connectivity index (χ0) is 16.8. The van der Waals surface area contributed by atoms with Gasteiger partial charge in [-0.1, -0.05) is 58.9 Å². The fourth-order valence-electron chi connectivity index (χ4n) is 1.85. The van der Waals surface area contributed by atoms with Crippen molar-refractivity contribution in [3.8, 4) is 5.40 Å². The third-order valence-electron chi connectivity index (χ3n) is 2.72. The largest absolute Gasteiger partial charge is 1.00 e. The molecule has 0 aromatic carbocycles. The van der Waals surface area contributed by atoms with Gasteiger partial charge in [0, 0.05) is 0 Å². The van der Waals surface area contributed by atoms with Crippen molar-refractivity contribution in [1.29, 1.82) is 5.26 Å². The van der Waals surface area contributed by atoms with Crippen molar-refractivity contribution in [3.05, 3.63) is 54.6 Å². The molecule has 3 aromatic rings. The number of fused-ring (bicyclic) bond motifs is 6. The van der Waals surface area contributed by atoms with Crippen LogP contribution in [-0.4, -0.2) is 15.0 Å². The van der Waals surface area contributed by atoms with E-state index in [-0.39, 0.29) is 17.1 Å². The normalized spacial score (nSPS) is 11.3. The number of hydrogen-bond donors (Lipinski definition) is 0. The molecule has 0 radical (unpaired) electrons. The van der Waals surface area contributed by atoms with E-state index >= 15 is 0 Å². The molecule has 3 aromatic heterocycles. The topological polar surface area (TPSA) is 62.5 Å². The van der Waals surface area contributed by atoms with E-state index in [0.29, 0.717) is 0 Å². The Morgan fingerprint density at radius 2 is 0.840 bits per heavy atom. The van der Waals surface area contributed by atoms with E-state index in [1.54, 1.807) is 35.3 Å². The van der Waals surface area contributed by atoms with E-state index in [1.807, 2.05) is 54.6 Å². The van der Waals surface area contributed by atoms with Crippen LogP contribution in [-0.2, 0) is 29.7 Å². The summed E-state index contributed by atoms with van der Waals surface area (Å²) in [5.74, 6) is 0. The molecular weight excluding hydrogens is 440 g/mol.